The van der Waals surface area contributed by atoms with Crippen molar-refractivity contribution in [1.29, 1.82) is 0 Å². The van der Waals surface area contributed by atoms with E-state index in [4.69, 9.17) is 0 Å². The van der Waals surface area contributed by atoms with Gasteiger partial charge in [-0.05, 0) is 37.5 Å². The van der Waals surface area contributed by atoms with Crippen LogP contribution in [0.15, 0.2) is 29.2 Å². The molecule has 28 heavy (non-hydrogen) atoms. The van der Waals surface area contributed by atoms with Gasteiger partial charge in [0.2, 0.25) is 21.8 Å². The van der Waals surface area contributed by atoms with Gasteiger partial charge < -0.3 is 10.2 Å². The summed E-state index contributed by atoms with van der Waals surface area (Å²) in [5.41, 5.74) is -1.06. The zero-order valence-corrected chi connectivity index (χ0v) is 15.8. The average molecular weight is 419 g/mol. The third-order valence-corrected chi connectivity index (χ3v) is 6.52. The van der Waals surface area contributed by atoms with Gasteiger partial charge in [0.15, 0.2) is 0 Å². The number of piperazine rings is 1. The van der Waals surface area contributed by atoms with Crippen LogP contribution in [-0.4, -0.2) is 49.8 Å². The Morgan fingerprint density at radius 2 is 2.00 bits per heavy atom. The molecular formula is C17H20F3N3O4S. The molecule has 0 radical (unpaired) electrons. The second kappa shape index (κ2) is 7.36. The predicted octanol–water partition coefficient (Wildman–Crippen LogP) is 1.25. The summed E-state index contributed by atoms with van der Waals surface area (Å²) in [6.45, 7) is 1.97. The lowest BCUT2D eigenvalue weighted by Gasteiger charge is -2.43. The maximum atomic E-state index is 12.8. The lowest BCUT2D eigenvalue weighted by molar-refractivity contribution is -0.151. The van der Waals surface area contributed by atoms with Gasteiger partial charge in [0.1, 0.15) is 12.1 Å². The normalized spacial score (nSPS) is 26.0. The highest BCUT2D eigenvalue weighted by Crippen LogP contribution is 2.31. The molecule has 1 aromatic carbocycles. The maximum Gasteiger partial charge on any atom is 0.416 e. The van der Waals surface area contributed by atoms with Gasteiger partial charge in [0.25, 0.3) is 0 Å². The fraction of sp³-hybridized carbons (Fsp3) is 0.529. The molecule has 2 aliphatic heterocycles. The summed E-state index contributed by atoms with van der Waals surface area (Å²) in [4.78, 5) is 25.6. The van der Waals surface area contributed by atoms with E-state index in [0.29, 0.717) is 12.5 Å². The van der Waals surface area contributed by atoms with Crippen LogP contribution >= 0.6 is 0 Å². The molecule has 2 N–H and O–H groups in total. The van der Waals surface area contributed by atoms with Gasteiger partial charge in [0, 0.05) is 12.6 Å². The number of nitrogens with zero attached hydrogens (tertiary/aromatic N) is 1. The molecule has 0 spiro atoms. The minimum Gasteiger partial charge on any atom is -0.343 e. The number of hydrogen-bond donors (Lipinski definition) is 2. The van der Waals surface area contributed by atoms with E-state index in [1.807, 2.05) is 0 Å². The Balaban J connectivity index is 1.75. The summed E-state index contributed by atoms with van der Waals surface area (Å²) < 4.78 is 66.0. The number of carbonyl (C=O) groups is 2. The van der Waals surface area contributed by atoms with Crippen molar-refractivity contribution in [2.75, 3.05) is 6.54 Å². The Kier molecular flexibility index (Phi) is 5.41. The lowest BCUT2D eigenvalue weighted by atomic mass is 9.93. The van der Waals surface area contributed by atoms with E-state index in [1.165, 1.54) is 4.90 Å². The second-order valence-corrected chi connectivity index (χ2v) is 8.60. The van der Waals surface area contributed by atoms with Crippen molar-refractivity contribution >= 4 is 21.8 Å². The summed E-state index contributed by atoms with van der Waals surface area (Å²) in [6, 6.07) is 1.42. The first-order chi connectivity index (χ1) is 13.0. The van der Waals surface area contributed by atoms with E-state index in [2.05, 4.69) is 10.0 Å². The molecule has 2 fully saturated rings. The smallest absolute Gasteiger partial charge is 0.343 e. The molecule has 3 rings (SSSR count). The SMILES string of the molecule is CC[C@@H]1NC(=O)[C@@H]2C[C@@H](NS(=O)(=O)c3cccc(C(F)(F)F)c3)CCN2C1=O. The van der Waals surface area contributed by atoms with E-state index in [-0.39, 0.29) is 31.2 Å². The Hall–Kier alpha value is -2.14. The zero-order chi connectivity index (χ0) is 20.7. The number of nitrogens with one attached hydrogen (secondary N) is 2. The summed E-state index contributed by atoms with van der Waals surface area (Å²) in [7, 11) is -4.21. The number of carbonyl (C=O) groups excluding carboxylic acids is 2. The molecule has 2 saturated heterocycles. The largest absolute Gasteiger partial charge is 0.416 e. The molecule has 2 heterocycles. The quantitative estimate of drug-likeness (QED) is 0.768. The molecule has 154 valence electrons. The van der Waals surface area contributed by atoms with Crippen LogP contribution in [0.1, 0.15) is 31.7 Å². The fourth-order valence-corrected chi connectivity index (χ4v) is 4.85. The summed E-state index contributed by atoms with van der Waals surface area (Å²) in [5.74, 6) is -0.555. The van der Waals surface area contributed by atoms with Crippen LogP contribution in [-0.2, 0) is 25.8 Å². The summed E-state index contributed by atoms with van der Waals surface area (Å²) >= 11 is 0. The molecule has 0 unspecified atom stereocenters. The summed E-state index contributed by atoms with van der Waals surface area (Å²) in [6.07, 6.45) is -3.87. The molecule has 0 aromatic heterocycles. The van der Waals surface area contributed by atoms with Crippen molar-refractivity contribution in [2.24, 2.45) is 0 Å². The minimum atomic E-state index is -4.66. The standard InChI is InChI=1S/C17H20F3N3O4S/c1-2-13-16(25)23-7-6-11(9-14(23)15(24)21-13)22-28(26,27)12-5-3-4-10(8-12)17(18,19)20/h3-5,8,11,13-14,22H,2,6-7,9H2,1H3,(H,21,24)/t11-,13-,14-/m0/s1. The van der Waals surface area contributed by atoms with Crippen LogP contribution in [0.2, 0.25) is 0 Å². The highest BCUT2D eigenvalue weighted by Gasteiger charge is 2.44. The Morgan fingerprint density at radius 3 is 2.64 bits per heavy atom. The van der Waals surface area contributed by atoms with Crippen molar-refractivity contribution < 1.29 is 31.2 Å². The molecular weight excluding hydrogens is 399 g/mol. The first-order valence-electron chi connectivity index (χ1n) is 8.83. The predicted molar refractivity (Wildman–Crippen MR) is 92.5 cm³/mol. The van der Waals surface area contributed by atoms with E-state index >= 15 is 0 Å². The number of amides is 2. The highest BCUT2D eigenvalue weighted by atomic mass is 32.2. The first kappa shape index (κ1) is 20.6. The number of fused-ring (bicyclic) bond motifs is 1. The number of hydrogen-bond acceptors (Lipinski definition) is 4. The number of sulfonamides is 1. The van der Waals surface area contributed by atoms with Crippen LogP contribution in [0, 0.1) is 0 Å². The number of rotatable bonds is 4. The Bertz CT molecular complexity index is 888. The van der Waals surface area contributed by atoms with Gasteiger partial charge in [-0.3, -0.25) is 9.59 Å². The van der Waals surface area contributed by atoms with Gasteiger partial charge in [-0.15, -0.1) is 0 Å². The molecule has 3 atom stereocenters. The van der Waals surface area contributed by atoms with E-state index in [9.17, 15) is 31.2 Å². The van der Waals surface area contributed by atoms with Gasteiger partial charge in [-0.2, -0.15) is 13.2 Å². The van der Waals surface area contributed by atoms with E-state index < -0.39 is 44.8 Å². The molecule has 0 aliphatic carbocycles. The molecule has 1 aromatic rings. The van der Waals surface area contributed by atoms with Gasteiger partial charge in [-0.1, -0.05) is 13.0 Å². The number of benzene rings is 1. The third-order valence-electron chi connectivity index (χ3n) is 5.00. The molecule has 2 aliphatic rings. The van der Waals surface area contributed by atoms with Gasteiger partial charge in [0.05, 0.1) is 10.5 Å². The van der Waals surface area contributed by atoms with E-state index in [1.54, 1.807) is 6.92 Å². The van der Waals surface area contributed by atoms with Crippen molar-refractivity contribution in [3.8, 4) is 0 Å². The van der Waals surface area contributed by atoms with Gasteiger partial charge in [-0.25, -0.2) is 13.1 Å². The zero-order valence-electron chi connectivity index (χ0n) is 15.0. The molecule has 0 bridgehead atoms. The molecule has 7 nitrogen and oxygen atoms in total. The van der Waals surface area contributed by atoms with Crippen molar-refractivity contribution in [1.82, 2.24) is 14.9 Å². The highest BCUT2D eigenvalue weighted by molar-refractivity contribution is 7.89. The lowest BCUT2D eigenvalue weighted by Crippen LogP contribution is -2.66. The van der Waals surface area contributed by atoms with Crippen LogP contribution in [0.25, 0.3) is 0 Å². The monoisotopic (exact) mass is 419 g/mol. The van der Waals surface area contributed by atoms with Crippen LogP contribution in [0.5, 0.6) is 0 Å². The van der Waals surface area contributed by atoms with Crippen molar-refractivity contribution in [3.63, 3.8) is 0 Å². The number of alkyl halides is 3. The fourth-order valence-electron chi connectivity index (χ4n) is 3.52. The maximum absolute atomic E-state index is 12.8. The molecule has 11 heteroatoms. The number of piperidine rings is 1. The first-order valence-corrected chi connectivity index (χ1v) is 10.3. The van der Waals surface area contributed by atoms with Crippen molar-refractivity contribution in [3.05, 3.63) is 29.8 Å². The second-order valence-electron chi connectivity index (χ2n) is 6.89. The molecule has 0 saturated carbocycles. The summed E-state index contributed by atoms with van der Waals surface area (Å²) in [5, 5.41) is 2.62. The van der Waals surface area contributed by atoms with Crippen molar-refractivity contribution in [2.45, 2.75) is 55.4 Å². The Labute approximate surface area is 160 Å². The van der Waals surface area contributed by atoms with Crippen LogP contribution in [0.3, 0.4) is 0 Å². The minimum absolute atomic E-state index is 0.0617. The third kappa shape index (κ3) is 4.00. The van der Waals surface area contributed by atoms with Crippen LogP contribution < -0.4 is 10.0 Å². The Morgan fingerprint density at radius 1 is 1.29 bits per heavy atom. The van der Waals surface area contributed by atoms with Gasteiger partial charge >= 0.3 is 6.18 Å². The molecule has 2 amide bonds. The average Bonchev–Trinajstić information content (AvgIpc) is 2.63. The van der Waals surface area contributed by atoms with E-state index in [0.717, 1.165) is 18.2 Å². The van der Waals surface area contributed by atoms with Crippen LogP contribution in [0.4, 0.5) is 13.2 Å². The number of halogens is 3. The topological polar surface area (TPSA) is 95.6 Å².